The van der Waals surface area contributed by atoms with E-state index in [0.29, 0.717) is 19.8 Å². The van der Waals surface area contributed by atoms with Crippen LogP contribution in [0.1, 0.15) is 34.6 Å². The van der Waals surface area contributed by atoms with Crippen LogP contribution in [0.4, 0.5) is 0 Å². The largest absolute Gasteiger partial charge is 0.332 e. The predicted octanol–water partition coefficient (Wildman–Crippen LogP) is 2.49. The number of ketones is 2. The molecule has 0 aliphatic carbocycles. The van der Waals surface area contributed by atoms with Gasteiger partial charge in [-0.05, 0) is 20.8 Å². The fourth-order valence-electron chi connectivity index (χ4n) is 0.428. The zero-order valence-electron chi connectivity index (χ0n) is 10.6. The van der Waals surface area contributed by atoms with Gasteiger partial charge in [0.15, 0.2) is 11.6 Å². The Labute approximate surface area is 98.5 Å². The molecule has 6 heteroatoms. The van der Waals surface area contributed by atoms with Crippen LogP contribution in [0.2, 0.25) is 0 Å². The molecule has 0 unspecified atom stereocenters. The molecule has 0 spiro atoms. The fourth-order valence-corrected chi connectivity index (χ4v) is 1.28. The summed E-state index contributed by atoms with van der Waals surface area (Å²) in [5.41, 5.74) is 0. The summed E-state index contributed by atoms with van der Waals surface area (Å²) < 4.78 is 15.4. The van der Waals surface area contributed by atoms with Crippen molar-refractivity contribution in [2.24, 2.45) is 0 Å². The molecule has 96 valence electrons. The molecule has 0 N–H and O–H groups in total. The lowest BCUT2D eigenvalue weighted by atomic mass is 10.3. The molecule has 0 aliphatic rings. The van der Waals surface area contributed by atoms with Crippen LogP contribution >= 0.6 is 8.60 Å². The highest BCUT2D eigenvalue weighted by atomic mass is 31.2. The molecule has 0 rings (SSSR count). The summed E-state index contributed by atoms with van der Waals surface area (Å²) in [4.78, 5) is 19.6. The van der Waals surface area contributed by atoms with Crippen molar-refractivity contribution in [3.05, 3.63) is 0 Å². The molecule has 0 amide bonds. The van der Waals surface area contributed by atoms with Crippen LogP contribution in [0.5, 0.6) is 0 Å². The molecule has 0 aromatic heterocycles. The highest BCUT2D eigenvalue weighted by Gasteiger charge is 2.07. The number of hydrogen-bond donors (Lipinski definition) is 0. The van der Waals surface area contributed by atoms with E-state index in [1.165, 1.54) is 13.8 Å². The molecule has 0 radical (unpaired) electrons. The van der Waals surface area contributed by atoms with Crippen LogP contribution in [-0.4, -0.2) is 31.4 Å². The van der Waals surface area contributed by atoms with E-state index in [-0.39, 0.29) is 11.6 Å². The molecular formula is C10H21O5P. The second kappa shape index (κ2) is 12.7. The van der Waals surface area contributed by atoms with Gasteiger partial charge in [0.1, 0.15) is 0 Å². The fraction of sp³-hybridized carbons (Fsp3) is 0.800. The molecule has 5 nitrogen and oxygen atoms in total. The molecule has 0 aromatic carbocycles. The van der Waals surface area contributed by atoms with E-state index in [2.05, 4.69) is 0 Å². The van der Waals surface area contributed by atoms with E-state index in [1.807, 2.05) is 20.8 Å². The van der Waals surface area contributed by atoms with Gasteiger partial charge in [0.05, 0.1) is 19.8 Å². The molecule has 0 fully saturated rings. The Kier molecular flexibility index (Phi) is 14.3. The van der Waals surface area contributed by atoms with Gasteiger partial charge >= 0.3 is 8.60 Å². The van der Waals surface area contributed by atoms with Crippen LogP contribution in [0.25, 0.3) is 0 Å². The minimum Gasteiger partial charge on any atom is -0.313 e. The lowest BCUT2D eigenvalue weighted by Crippen LogP contribution is -2.01. The maximum atomic E-state index is 9.79. The van der Waals surface area contributed by atoms with Gasteiger partial charge in [-0.2, -0.15) is 0 Å². The summed E-state index contributed by atoms with van der Waals surface area (Å²) in [7, 11) is -1.06. The van der Waals surface area contributed by atoms with E-state index in [1.54, 1.807) is 0 Å². The molecule has 0 saturated heterocycles. The first-order valence-electron chi connectivity index (χ1n) is 5.19. The number of carbonyl (C=O) groups excluding carboxylic acids is 2. The number of carbonyl (C=O) groups is 2. The van der Waals surface area contributed by atoms with E-state index in [0.717, 1.165) is 0 Å². The predicted molar refractivity (Wildman–Crippen MR) is 63.2 cm³/mol. The van der Waals surface area contributed by atoms with Crippen molar-refractivity contribution in [3.8, 4) is 0 Å². The van der Waals surface area contributed by atoms with Gasteiger partial charge in [-0.1, -0.05) is 0 Å². The van der Waals surface area contributed by atoms with E-state index < -0.39 is 8.60 Å². The second-order valence-electron chi connectivity index (χ2n) is 2.59. The van der Waals surface area contributed by atoms with Gasteiger partial charge in [-0.25, -0.2) is 0 Å². The lowest BCUT2D eigenvalue weighted by Gasteiger charge is -2.12. The normalized spacial score (nSPS) is 9.62. The highest BCUT2D eigenvalue weighted by molar-refractivity contribution is 7.41. The maximum Gasteiger partial charge on any atom is 0.332 e. The summed E-state index contributed by atoms with van der Waals surface area (Å²) in [6.07, 6.45) is 0. The average molecular weight is 252 g/mol. The van der Waals surface area contributed by atoms with Crippen molar-refractivity contribution in [1.29, 1.82) is 0 Å². The molecule has 0 saturated carbocycles. The summed E-state index contributed by atoms with van der Waals surface area (Å²) in [6.45, 7) is 10.2. The Balaban J connectivity index is 0. The Bertz CT molecular complexity index is 169. The first-order valence-corrected chi connectivity index (χ1v) is 6.29. The van der Waals surface area contributed by atoms with Crippen molar-refractivity contribution in [3.63, 3.8) is 0 Å². The third kappa shape index (κ3) is 13.7. The molecule has 0 heterocycles. The van der Waals surface area contributed by atoms with Crippen molar-refractivity contribution >= 4 is 20.2 Å². The van der Waals surface area contributed by atoms with Gasteiger partial charge < -0.3 is 13.6 Å². The van der Waals surface area contributed by atoms with Crippen LogP contribution < -0.4 is 0 Å². The molecule has 0 bridgehead atoms. The third-order valence-electron chi connectivity index (χ3n) is 1.20. The average Bonchev–Trinajstić information content (AvgIpc) is 2.19. The Hall–Kier alpha value is -0.350. The standard InChI is InChI=1S/C6H15O3P.C4H6O2/c1-4-7-10(8-5-2)9-6-3;1-3(5)4(2)6/h4-6H2,1-3H3;1-2H3. The Morgan fingerprint density at radius 2 is 1.06 bits per heavy atom. The Morgan fingerprint density at radius 3 is 1.19 bits per heavy atom. The SMILES string of the molecule is CC(=O)C(C)=O.CCOP(OCC)OCC. The molecule has 0 aromatic rings. The van der Waals surface area contributed by atoms with Crippen molar-refractivity contribution < 1.29 is 23.2 Å². The van der Waals surface area contributed by atoms with Gasteiger partial charge in [0, 0.05) is 13.8 Å². The maximum absolute atomic E-state index is 9.79. The number of Topliss-reactive ketones (excluding diaryl/α,β-unsaturated/α-hetero) is 2. The Morgan fingerprint density at radius 1 is 0.812 bits per heavy atom. The van der Waals surface area contributed by atoms with Crippen molar-refractivity contribution in [1.82, 2.24) is 0 Å². The van der Waals surface area contributed by atoms with E-state index in [9.17, 15) is 9.59 Å². The topological polar surface area (TPSA) is 61.8 Å². The van der Waals surface area contributed by atoms with E-state index >= 15 is 0 Å². The van der Waals surface area contributed by atoms with E-state index in [4.69, 9.17) is 13.6 Å². The quantitative estimate of drug-likeness (QED) is 0.514. The van der Waals surface area contributed by atoms with Crippen LogP contribution in [-0.2, 0) is 23.2 Å². The highest BCUT2D eigenvalue weighted by Crippen LogP contribution is 2.38. The minimum atomic E-state index is -1.06. The van der Waals surface area contributed by atoms with Crippen LogP contribution in [0, 0.1) is 0 Å². The summed E-state index contributed by atoms with van der Waals surface area (Å²) in [6, 6.07) is 0. The second-order valence-corrected chi connectivity index (χ2v) is 3.81. The minimum absolute atomic E-state index is 0.380. The zero-order chi connectivity index (χ0) is 13.0. The first kappa shape index (κ1) is 18.0. The molecule has 0 aliphatic heterocycles. The number of hydrogen-bond acceptors (Lipinski definition) is 5. The van der Waals surface area contributed by atoms with Crippen LogP contribution in [0.15, 0.2) is 0 Å². The van der Waals surface area contributed by atoms with Crippen molar-refractivity contribution in [2.75, 3.05) is 19.8 Å². The monoisotopic (exact) mass is 252 g/mol. The van der Waals surface area contributed by atoms with Gasteiger partial charge in [-0.15, -0.1) is 0 Å². The molecular weight excluding hydrogens is 231 g/mol. The van der Waals surface area contributed by atoms with Crippen LogP contribution in [0.3, 0.4) is 0 Å². The van der Waals surface area contributed by atoms with Gasteiger partial charge in [0.2, 0.25) is 0 Å². The number of rotatable bonds is 7. The van der Waals surface area contributed by atoms with Gasteiger partial charge in [0.25, 0.3) is 0 Å². The zero-order valence-corrected chi connectivity index (χ0v) is 11.5. The summed E-state index contributed by atoms with van der Waals surface area (Å²) in [5.74, 6) is -0.759. The molecule has 0 atom stereocenters. The summed E-state index contributed by atoms with van der Waals surface area (Å²) in [5, 5.41) is 0. The third-order valence-corrected chi connectivity index (χ3v) is 2.61. The van der Waals surface area contributed by atoms with Crippen molar-refractivity contribution in [2.45, 2.75) is 34.6 Å². The van der Waals surface area contributed by atoms with Gasteiger partial charge in [-0.3, -0.25) is 9.59 Å². The summed E-state index contributed by atoms with van der Waals surface area (Å²) >= 11 is 0. The molecule has 16 heavy (non-hydrogen) atoms. The smallest absolute Gasteiger partial charge is 0.313 e. The first-order chi connectivity index (χ1) is 7.49. The lowest BCUT2D eigenvalue weighted by molar-refractivity contribution is -0.134.